The second-order valence-corrected chi connectivity index (χ2v) is 8.25. The molecular formula is C17H18N2O5S. The molecule has 1 heterocycles. The first-order valence-electron chi connectivity index (χ1n) is 7.79. The van der Waals surface area contributed by atoms with Gasteiger partial charge in [0.15, 0.2) is 9.84 Å². The lowest BCUT2D eigenvalue weighted by atomic mass is 10.1. The Morgan fingerprint density at radius 2 is 1.72 bits per heavy atom. The molecule has 2 aromatic carbocycles. The maximum absolute atomic E-state index is 11.9. The molecular weight excluding hydrogens is 344 g/mol. The number of nitrogens with zero attached hydrogens (tertiary/aromatic N) is 2. The van der Waals surface area contributed by atoms with Crippen LogP contribution in [-0.2, 0) is 16.4 Å². The van der Waals surface area contributed by atoms with Crippen LogP contribution in [0.25, 0.3) is 0 Å². The molecule has 25 heavy (non-hydrogen) atoms. The van der Waals surface area contributed by atoms with Crippen molar-refractivity contribution in [2.24, 2.45) is 0 Å². The van der Waals surface area contributed by atoms with E-state index in [0.29, 0.717) is 6.54 Å². The molecule has 2 atom stereocenters. The molecule has 3 rings (SSSR count). The van der Waals surface area contributed by atoms with Crippen LogP contribution in [0.5, 0.6) is 0 Å². The molecule has 0 amide bonds. The van der Waals surface area contributed by atoms with Crippen molar-refractivity contribution in [3.8, 4) is 0 Å². The smallest absolute Gasteiger partial charge is 0.269 e. The summed E-state index contributed by atoms with van der Waals surface area (Å²) in [5, 5.41) is 21.0. The summed E-state index contributed by atoms with van der Waals surface area (Å²) in [5.74, 6) is -0.364. The number of para-hydroxylation sites is 1. The molecule has 1 aliphatic rings. The Morgan fingerprint density at radius 1 is 1.08 bits per heavy atom. The quantitative estimate of drug-likeness (QED) is 0.642. The normalized spacial score (nSPS) is 21.8. The van der Waals surface area contributed by atoms with Crippen LogP contribution in [0.1, 0.15) is 5.56 Å². The molecule has 0 aromatic heterocycles. The summed E-state index contributed by atoms with van der Waals surface area (Å²) in [4.78, 5) is 12.2. The van der Waals surface area contributed by atoms with Crippen LogP contribution in [0.3, 0.4) is 0 Å². The van der Waals surface area contributed by atoms with E-state index in [2.05, 4.69) is 0 Å². The van der Waals surface area contributed by atoms with Crippen LogP contribution >= 0.6 is 0 Å². The number of non-ortho nitro benzene ring substituents is 1. The molecule has 0 aliphatic carbocycles. The molecule has 0 spiro atoms. The Hall–Kier alpha value is -2.45. The third-order valence-corrected chi connectivity index (χ3v) is 5.98. The molecule has 0 unspecified atom stereocenters. The Kier molecular flexibility index (Phi) is 4.73. The van der Waals surface area contributed by atoms with Crippen molar-refractivity contribution in [3.63, 3.8) is 0 Å². The van der Waals surface area contributed by atoms with Crippen molar-refractivity contribution in [2.45, 2.75) is 18.7 Å². The summed E-state index contributed by atoms with van der Waals surface area (Å²) in [6.07, 6.45) is -0.969. The second kappa shape index (κ2) is 6.81. The van der Waals surface area contributed by atoms with Crippen LogP contribution in [-0.4, -0.2) is 42.1 Å². The minimum atomic E-state index is -3.29. The van der Waals surface area contributed by atoms with Crippen molar-refractivity contribution in [1.82, 2.24) is 0 Å². The summed E-state index contributed by atoms with van der Waals surface area (Å²) in [5.41, 5.74) is 1.59. The Bertz CT molecular complexity index is 852. The number of hydrogen-bond donors (Lipinski definition) is 1. The van der Waals surface area contributed by atoms with Crippen molar-refractivity contribution in [3.05, 3.63) is 70.3 Å². The number of sulfone groups is 1. The average molecular weight is 362 g/mol. The lowest BCUT2D eigenvalue weighted by Gasteiger charge is -2.32. The highest BCUT2D eigenvalue weighted by molar-refractivity contribution is 7.91. The van der Waals surface area contributed by atoms with Gasteiger partial charge in [0.1, 0.15) is 0 Å². The van der Waals surface area contributed by atoms with E-state index < -0.39 is 26.9 Å². The van der Waals surface area contributed by atoms with E-state index in [1.165, 1.54) is 12.1 Å². The van der Waals surface area contributed by atoms with E-state index in [4.69, 9.17) is 0 Å². The van der Waals surface area contributed by atoms with Gasteiger partial charge in [-0.2, -0.15) is 0 Å². The summed E-state index contributed by atoms with van der Waals surface area (Å²) in [6, 6.07) is 14.8. The summed E-state index contributed by atoms with van der Waals surface area (Å²) < 4.78 is 23.8. The topological polar surface area (TPSA) is 101 Å². The zero-order valence-electron chi connectivity index (χ0n) is 13.4. The van der Waals surface area contributed by atoms with Gasteiger partial charge in [-0.25, -0.2) is 8.42 Å². The third kappa shape index (κ3) is 3.97. The fraction of sp³-hybridized carbons (Fsp3) is 0.294. The molecule has 0 bridgehead atoms. The molecule has 8 heteroatoms. The van der Waals surface area contributed by atoms with Gasteiger partial charge in [-0.05, 0) is 17.7 Å². The minimum Gasteiger partial charge on any atom is -0.390 e. The largest absolute Gasteiger partial charge is 0.390 e. The number of nitro groups is 1. The zero-order chi connectivity index (χ0) is 18.0. The number of anilines is 1. The molecule has 7 nitrogen and oxygen atoms in total. The third-order valence-electron chi connectivity index (χ3n) is 4.28. The van der Waals surface area contributed by atoms with Crippen LogP contribution in [0.4, 0.5) is 11.4 Å². The Balaban J connectivity index is 1.91. The van der Waals surface area contributed by atoms with Crippen LogP contribution < -0.4 is 4.90 Å². The van der Waals surface area contributed by atoms with Gasteiger partial charge >= 0.3 is 0 Å². The number of benzene rings is 2. The van der Waals surface area contributed by atoms with E-state index in [0.717, 1.165) is 11.3 Å². The van der Waals surface area contributed by atoms with Crippen LogP contribution in [0, 0.1) is 10.1 Å². The van der Waals surface area contributed by atoms with Gasteiger partial charge in [-0.3, -0.25) is 10.1 Å². The fourth-order valence-corrected chi connectivity index (χ4v) is 4.85. The maximum atomic E-state index is 11.9. The van der Waals surface area contributed by atoms with Gasteiger partial charge in [0.2, 0.25) is 0 Å². The number of hydrogen-bond acceptors (Lipinski definition) is 6. The predicted octanol–water partition coefficient (Wildman–Crippen LogP) is 1.76. The molecule has 1 saturated heterocycles. The van der Waals surface area contributed by atoms with E-state index >= 15 is 0 Å². The first-order chi connectivity index (χ1) is 11.9. The minimum absolute atomic E-state index is 0.00140. The number of nitro benzene ring substituents is 1. The molecule has 0 saturated carbocycles. The molecule has 1 fully saturated rings. The molecule has 132 valence electrons. The standard InChI is InChI=1S/C17H18N2O5S/c20-17-12-25(23,24)11-16(17)18(14-4-2-1-3-5-14)10-13-6-8-15(9-7-13)19(21)22/h1-9,16-17,20H,10-12H2/t16-,17-/m0/s1. The van der Waals surface area contributed by atoms with Gasteiger partial charge in [0.05, 0.1) is 28.6 Å². The monoisotopic (exact) mass is 362 g/mol. The van der Waals surface area contributed by atoms with Crippen molar-refractivity contribution in [2.75, 3.05) is 16.4 Å². The second-order valence-electron chi connectivity index (χ2n) is 6.10. The summed E-state index contributed by atoms with van der Waals surface area (Å²) in [7, 11) is -3.29. The maximum Gasteiger partial charge on any atom is 0.269 e. The zero-order valence-corrected chi connectivity index (χ0v) is 14.2. The molecule has 0 radical (unpaired) electrons. The Labute approximate surface area is 145 Å². The number of aliphatic hydroxyl groups excluding tert-OH is 1. The van der Waals surface area contributed by atoms with Crippen molar-refractivity contribution < 1.29 is 18.4 Å². The van der Waals surface area contributed by atoms with E-state index in [-0.39, 0.29) is 17.2 Å². The van der Waals surface area contributed by atoms with Crippen molar-refractivity contribution in [1.29, 1.82) is 0 Å². The lowest BCUT2D eigenvalue weighted by Crippen LogP contribution is -2.42. The van der Waals surface area contributed by atoms with E-state index in [1.54, 1.807) is 12.1 Å². The molecule has 1 aliphatic heterocycles. The van der Waals surface area contributed by atoms with Crippen LogP contribution in [0.2, 0.25) is 0 Å². The highest BCUT2D eigenvalue weighted by Gasteiger charge is 2.40. The van der Waals surface area contributed by atoms with E-state index in [1.807, 2.05) is 35.2 Å². The lowest BCUT2D eigenvalue weighted by molar-refractivity contribution is -0.384. The van der Waals surface area contributed by atoms with E-state index in [9.17, 15) is 23.6 Å². The summed E-state index contributed by atoms with van der Waals surface area (Å²) >= 11 is 0. The first-order valence-corrected chi connectivity index (χ1v) is 9.61. The summed E-state index contributed by atoms with van der Waals surface area (Å²) in [6.45, 7) is 0.346. The molecule has 1 N–H and O–H groups in total. The predicted molar refractivity (Wildman–Crippen MR) is 94.2 cm³/mol. The van der Waals surface area contributed by atoms with Gasteiger partial charge < -0.3 is 10.0 Å². The number of aliphatic hydroxyl groups is 1. The van der Waals surface area contributed by atoms with Gasteiger partial charge in [-0.15, -0.1) is 0 Å². The highest BCUT2D eigenvalue weighted by atomic mass is 32.2. The van der Waals surface area contributed by atoms with Crippen molar-refractivity contribution >= 4 is 21.2 Å². The fourth-order valence-electron chi connectivity index (χ4n) is 3.05. The first kappa shape index (κ1) is 17.4. The van der Waals surface area contributed by atoms with Gasteiger partial charge in [0, 0.05) is 24.4 Å². The van der Waals surface area contributed by atoms with Gasteiger partial charge in [0.25, 0.3) is 5.69 Å². The SMILES string of the molecule is O=[N+]([O-])c1ccc(CN(c2ccccc2)[C@H]2CS(=O)(=O)C[C@@H]2O)cc1. The Morgan fingerprint density at radius 3 is 2.24 bits per heavy atom. The molecule has 2 aromatic rings. The highest BCUT2D eigenvalue weighted by Crippen LogP contribution is 2.27. The average Bonchev–Trinajstić information content (AvgIpc) is 2.86. The van der Waals surface area contributed by atoms with Crippen LogP contribution in [0.15, 0.2) is 54.6 Å². The van der Waals surface area contributed by atoms with Gasteiger partial charge in [-0.1, -0.05) is 30.3 Å². The number of rotatable bonds is 5.